The molecule has 0 radical (unpaired) electrons. The monoisotopic (exact) mass is 351 g/mol. The Labute approximate surface area is 146 Å². The van der Waals surface area contributed by atoms with Crippen molar-refractivity contribution in [2.24, 2.45) is 0 Å². The van der Waals surface area contributed by atoms with Gasteiger partial charge in [0.25, 0.3) is 0 Å². The number of benzene rings is 1. The predicted octanol–water partition coefficient (Wildman–Crippen LogP) is 6.65. The van der Waals surface area contributed by atoms with Crippen LogP contribution in [-0.2, 0) is 6.54 Å². The Balaban J connectivity index is 0.00000400. The molecule has 0 aliphatic heterocycles. The second-order valence-corrected chi connectivity index (χ2v) is 6.23. The van der Waals surface area contributed by atoms with Gasteiger partial charge in [-0.2, -0.15) is 0 Å². The average molecular weight is 353 g/mol. The summed E-state index contributed by atoms with van der Waals surface area (Å²) < 4.78 is 0. The van der Waals surface area contributed by atoms with Gasteiger partial charge in [0.2, 0.25) is 0 Å². The molecule has 0 atom stereocenters. The maximum Gasteiger partial charge on any atom is 0.0465 e. The molecule has 0 aliphatic rings. The van der Waals surface area contributed by atoms with Crippen molar-refractivity contribution < 1.29 is 0 Å². The van der Waals surface area contributed by atoms with Crippen LogP contribution in [0.5, 0.6) is 0 Å². The van der Waals surface area contributed by atoms with Crippen molar-refractivity contribution in [2.45, 2.75) is 64.8 Å². The predicted molar refractivity (Wildman–Crippen MR) is 98.0 cm³/mol. The van der Waals surface area contributed by atoms with Gasteiger partial charge in [0.05, 0.1) is 0 Å². The molecule has 0 aromatic heterocycles. The Morgan fingerprint density at radius 2 is 1.52 bits per heavy atom. The van der Waals surface area contributed by atoms with E-state index in [1.165, 1.54) is 51.4 Å². The Kier molecular flexibility index (Phi) is 13.7. The van der Waals surface area contributed by atoms with Gasteiger partial charge < -0.3 is 5.32 Å². The maximum atomic E-state index is 6.13. The highest BCUT2D eigenvalue weighted by Crippen LogP contribution is 2.20. The van der Waals surface area contributed by atoms with Gasteiger partial charge in [0.1, 0.15) is 0 Å². The highest BCUT2D eigenvalue weighted by molar-refractivity contribution is 6.35. The Bertz CT molecular complexity index is 369. The van der Waals surface area contributed by atoms with Crippen LogP contribution in [0.15, 0.2) is 18.2 Å². The van der Waals surface area contributed by atoms with Crippen molar-refractivity contribution in [3.8, 4) is 0 Å². The first-order chi connectivity index (χ1) is 9.74. The molecule has 0 saturated carbocycles. The summed E-state index contributed by atoms with van der Waals surface area (Å²) in [6.07, 6.45) is 10.9. The highest BCUT2D eigenvalue weighted by Gasteiger charge is 2.00. The fourth-order valence-electron chi connectivity index (χ4n) is 2.27. The smallest absolute Gasteiger partial charge is 0.0465 e. The number of halogens is 3. The SMILES string of the molecule is CCCCCCCCCCNCc1ccc(Cl)cc1Cl.Cl. The number of unbranched alkanes of at least 4 members (excludes halogenated alkanes) is 7. The summed E-state index contributed by atoms with van der Waals surface area (Å²) in [5.74, 6) is 0. The van der Waals surface area contributed by atoms with Gasteiger partial charge in [-0.3, -0.25) is 0 Å². The molecule has 1 N–H and O–H groups in total. The van der Waals surface area contributed by atoms with E-state index in [9.17, 15) is 0 Å². The van der Waals surface area contributed by atoms with E-state index >= 15 is 0 Å². The summed E-state index contributed by atoms with van der Waals surface area (Å²) in [7, 11) is 0. The van der Waals surface area contributed by atoms with Gasteiger partial charge in [-0.1, -0.05) is 81.1 Å². The fourth-order valence-corrected chi connectivity index (χ4v) is 2.75. The van der Waals surface area contributed by atoms with Crippen molar-refractivity contribution in [1.82, 2.24) is 5.32 Å². The molecule has 1 nitrogen and oxygen atoms in total. The van der Waals surface area contributed by atoms with Gasteiger partial charge in [-0.25, -0.2) is 0 Å². The van der Waals surface area contributed by atoms with Gasteiger partial charge in [0, 0.05) is 16.6 Å². The molecule has 0 spiro atoms. The standard InChI is InChI=1S/C17H27Cl2N.ClH/c1-2-3-4-5-6-7-8-9-12-20-14-15-10-11-16(18)13-17(15)19;/h10-11,13,20H,2-9,12,14H2,1H3;1H. The lowest BCUT2D eigenvalue weighted by atomic mass is 10.1. The summed E-state index contributed by atoms with van der Waals surface area (Å²) in [6.45, 7) is 4.15. The lowest BCUT2D eigenvalue weighted by molar-refractivity contribution is 0.555. The molecule has 0 unspecified atom stereocenters. The van der Waals surface area contributed by atoms with E-state index in [2.05, 4.69) is 12.2 Å². The van der Waals surface area contributed by atoms with Crippen molar-refractivity contribution in [2.75, 3.05) is 6.54 Å². The molecular weight excluding hydrogens is 325 g/mol. The van der Waals surface area contributed by atoms with E-state index in [0.717, 1.165) is 23.7 Å². The minimum atomic E-state index is 0. The molecule has 0 amide bonds. The first-order valence-electron chi connectivity index (χ1n) is 7.88. The molecule has 0 bridgehead atoms. The van der Waals surface area contributed by atoms with Gasteiger partial charge in [-0.05, 0) is 30.7 Å². The first kappa shape index (κ1) is 21.0. The minimum absolute atomic E-state index is 0. The maximum absolute atomic E-state index is 6.13. The third kappa shape index (κ3) is 10.4. The molecule has 122 valence electrons. The second kappa shape index (κ2) is 13.7. The van der Waals surface area contributed by atoms with Crippen LogP contribution >= 0.6 is 35.6 Å². The average Bonchev–Trinajstić information content (AvgIpc) is 2.43. The Morgan fingerprint density at radius 1 is 0.905 bits per heavy atom. The molecule has 1 aromatic rings. The normalized spacial score (nSPS) is 10.4. The van der Waals surface area contributed by atoms with Crippen LogP contribution in [0.2, 0.25) is 10.0 Å². The quantitative estimate of drug-likeness (QED) is 0.440. The molecule has 21 heavy (non-hydrogen) atoms. The molecule has 4 heteroatoms. The van der Waals surface area contributed by atoms with Crippen LogP contribution in [0.25, 0.3) is 0 Å². The van der Waals surface area contributed by atoms with E-state index in [0.29, 0.717) is 5.02 Å². The van der Waals surface area contributed by atoms with E-state index in [-0.39, 0.29) is 12.4 Å². The zero-order valence-corrected chi connectivity index (χ0v) is 15.3. The van der Waals surface area contributed by atoms with Crippen LogP contribution in [0.4, 0.5) is 0 Å². The molecule has 0 heterocycles. The van der Waals surface area contributed by atoms with Crippen LogP contribution in [0.3, 0.4) is 0 Å². The number of hydrogen-bond donors (Lipinski definition) is 1. The zero-order valence-electron chi connectivity index (χ0n) is 13.0. The number of hydrogen-bond acceptors (Lipinski definition) is 1. The third-order valence-electron chi connectivity index (χ3n) is 3.54. The molecular formula is C17H28Cl3N. The summed E-state index contributed by atoms with van der Waals surface area (Å²) in [4.78, 5) is 0. The Hall–Kier alpha value is 0.0500. The van der Waals surface area contributed by atoms with Crippen LogP contribution in [0.1, 0.15) is 63.9 Å². The van der Waals surface area contributed by atoms with Crippen molar-refractivity contribution >= 4 is 35.6 Å². The van der Waals surface area contributed by atoms with Crippen molar-refractivity contribution in [3.05, 3.63) is 33.8 Å². The zero-order chi connectivity index (χ0) is 14.6. The molecule has 0 aliphatic carbocycles. The number of rotatable bonds is 11. The van der Waals surface area contributed by atoms with Gasteiger partial charge >= 0.3 is 0 Å². The van der Waals surface area contributed by atoms with E-state index in [1.807, 2.05) is 12.1 Å². The largest absolute Gasteiger partial charge is 0.313 e. The summed E-state index contributed by atoms with van der Waals surface area (Å²) in [6, 6.07) is 5.68. The van der Waals surface area contributed by atoms with Gasteiger partial charge in [-0.15, -0.1) is 12.4 Å². The second-order valence-electron chi connectivity index (χ2n) is 5.39. The Morgan fingerprint density at radius 3 is 2.14 bits per heavy atom. The molecule has 1 rings (SSSR count). The summed E-state index contributed by atoms with van der Waals surface area (Å²) in [5.41, 5.74) is 1.12. The molecule has 0 fully saturated rings. The fraction of sp³-hybridized carbons (Fsp3) is 0.647. The van der Waals surface area contributed by atoms with Crippen molar-refractivity contribution in [3.63, 3.8) is 0 Å². The summed E-state index contributed by atoms with van der Waals surface area (Å²) >= 11 is 12.0. The lowest BCUT2D eigenvalue weighted by Gasteiger charge is -2.07. The van der Waals surface area contributed by atoms with Crippen LogP contribution in [-0.4, -0.2) is 6.54 Å². The van der Waals surface area contributed by atoms with E-state index in [4.69, 9.17) is 23.2 Å². The van der Waals surface area contributed by atoms with E-state index in [1.54, 1.807) is 6.07 Å². The molecule has 0 saturated heterocycles. The lowest BCUT2D eigenvalue weighted by Crippen LogP contribution is -2.14. The number of nitrogens with one attached hydrogen (secondary N) is 1. The highest BCUT2D eigenvalue weighted by atomic mass is 35.5. The topological polar surface area (TPSA) is 12.0 Å². The van der Waals surface area contributed by atoms with Gasteiger partial charge in [0.15, 0.2) is 0 Å². The third-order valence-corrected chi connectivity index (χ3v) is 4.12. The van der Waals surface area contributed by atoms with Crippen LogP contribution in [0, 0.1) is 0 Å². The molecule has 1 aromatic carbocycles. The van der Waals surface area contributed by atoms with Crippen molar-refractivity contribution in [1.29, 1.82) is 0 Å². The van der Waals surface area contributed by atoms with Crippen LogP contribution < -0.4 is 5.32 Å². The minimum Gasteiger partial charge on any atom is -0.313 e. The summed E-state index contributed by atoms with van der Waals surface area (Å²) in [5, 5.41) is 4.89. The van der Waals surface area contributed by atoms with E-state index < -0.39 is 0 Å². The first-order valence-corrected chi connectivity index (χ1v) is 8.64.